The molecule has 1 fully saturated rings. The second kappa shape index (κ2) is 7.60. The van der Waals surface area contributed by atoms with E-state index in [-0.39, 0.29) is 17.7 Å². The minimum atomic E-state index is -0.405. The maximum Gasteiger partial charge on any atom is 0.256 e. The summed E-state index contributed by atoms with van der Waals surface area (Å²) in [7, 11) is 0. The number of aromatic nitrogens is 1. The first kappa shape index (κ1) is 17.9. The predicted octanol–water partition coefficient (Wildman–Crippen LogP) is 3.99. The van der Waals surface area contributed by atoms with Crippen molar-refractivity contribution in [1.82, 2.24) is 4.98 Å². The Bertz CT molecular complexity index is 1010. The molecule has 0 unspecified atom stereocenters. The van der Waals surface area contributed by atoms with Crippen molar-refractivity contribution in [2.45, 2.75) is 12.3 Å². The Morgan fingerprint density at radius 2 is 1.82 bits per heavy atom. The maximum absolute atomic E-state index is 13.0. The zero-order valence-corrected chi connectivity index (χ0v) is 15.0. The number of carbonyl (C=O) groups is 2. The molecule has 0 bridgehead atoms. The predicted molar refractivity (Wildman–Crippen MR) is 105 cm³/mol. The third kappa shape index (κ3) is 3.76. The van der Waals surface area contributed by atoms with Gasteiger partial charge in [0, 0.05) is 42.4 Å². The van der Waals surface area contributed by atoms with Crippen LogP contribution in [0.15, 0.2) is 72.9 Å². The highest BCUT2D eigenvalue weighted by molar-refractivity contribution is 6.04. The molecule has 28 heavy (non-hydrogen) atoms. The number of hydrogen-bond acceptors (Lipinski definition) is 3. The first-order chi connectivity index (χ1) is 13.6. The van der Waals surface area contributed by atoms with E-state index in [1.54, 1.807) is 23.2 Å². The van der Waals surface area contributed by atoms with Crippen LogP contribution in [-0.2, 0) is 4.79 Å². The van der Waals surface area contributed by atoms with Crippen molar-refractivity contribution in [2.24, 2.45) is 0 Å². The molecular formula is C22H18FN3O2. The number of carbonyl (C=O) groups excluding carboxylic acids is 2. The average Bonchev–Trinajstić information content (AvgIpc) is 3.11. The summed E-state index contributed by atoms with van der Waals surface area (Å²) in [4.78, 5) is 30.7. The lowest BCUT2D eigenvalue weighted by Gasteiger charge is -2.17. The molecule has 140 valence electrons. The van der Waals surface area contributed by atoms with Gasteiger partial charge in [-0.3, -0.25) is 9.59 Å². The standard InChI is InChI=1S/C22H18FN3O2/c23-18-8-6-16(7-9-18)22(28)25-20-13-19(10-11-24-20)26-14-17(12-21(26)27)15-4-2-1-3-5-15/h1-11,13,17H,12,14H2,(H,24,25,28)/t17-/m1/s1. The third-order valence-electron chi connectivity index (χ3n) is 4.80. The van der Waals surface area contributed by atoms with E-state index in [0.29, 0.717) is 30.0 Å². The molecule has 1 saturated heterocycles. The molecule has 1 aliphatic heterocycles. The number of pyridine rings is 1. The number of halogens is 1. The summed E-state index contributed by atoms with van der Waals surface area (Å²) in [5.74, 6) is -0.283. The molecule has 1 N–H and O–H groups in total. The van der Waals surface area contributed by atoms with Crippen LogP contribution >= 0.6 is 0 Å². The van der Waals surface area contributed by atoms with Crippen molar-refractivity contribution in [3.63, 3.8) is 0 Å². The molecule has 0 spiro atoms. The Hall–Kier alpha value is -3.54. The van der Waals surface area contributed by atoms with Crippen LogP contribution in [0.1, 0.15) is 28.3 Å². The fourth-order valence-electron chi connectivity index (χ4n) is 3.35. The van der Waals surface area contributed by atoms with Gasteiger partial charge in [-0.25, -0.2) is 9.37 Å². The molecule has 4 rings (SSSR count). The van der Waals surface area contributed by atoms with E-state index in [1.807, 2.05) is 30.3 Å². The summed E-state index contributed by atoms with van der Waals surface area (Å²) in [6, 6.07) is 18.6. The highest BCUT2D eigenvalue weighted by Crippen LogP contribution is 2.32. The minimum absolute atomic E-state index is 0.0378. The minimum Gasteiger partial charge on any atom is -0.312 e. The van der Waals surface area contributed by atoms with Crippen molar-refractivity contribution in [1.29, 1.82) is 0 Å². The van der Waals surface area contributed by atoms with E-state index >= 15 is 0 Å². The lowest BCUT2D eigenvalue weighted by Crippen LogP contribution is -2.24. The second-order valence-corrected chi connectivity index (χ2v) is 6.68. The Kier molecular flexibility index (Phi) is 4.85. The summed E-state index contributed by atoms with van der Waals surface area (Å²) in [5.41, 5.74) is 2.15. The molecule has 0 aliphatic carbocycles. The summed E-state index contributed by atoms with van der Waals surface area (Å²) in [5, 5.41) is 2.69. The topological polar surface area (TPSA) is 62.3 Å². The van der Waals surface area contributed by atoms with Gasteiger partial charge in [0.05, 0.1) is 0 Å². The van der Waals surface area contributed by atoms with Gasteiger partial charge in [-0.15, -0.1) is 0 Å². The Morgan fingerprint density at radius 1 is 1.07 bits per heavy atom. The Labute approximate surface area is 161 Å². The normalized spacial score (nSPS) is 16.2. The summed E-state index contributed by atoms with van der Waals surface area (Å²) in [6.45, 7) is 0.582. The average molecular weight is 375 g/mol. The molecule has 1 aliphatic rings. The van der Waals surface area contributed by atoms with Gasteiger partial charge in [0.25, 0.3) is 5.91 Å². The summed E-state index contributed by atoms with van der Waals surface area (Å²) >= 11 is 0. The van der Waals surface area contributed by atoms with E-state index in [2.05, 4.69) is 10.3 Å². The van der Waals surface area contributed by atoms with E-state index in [4.69, 9.17) is 0 Å². The SMILES string of the molecule is O=C(Nc1cc(N2C[C@H](c3ccccc3)CC2=O)ccn1)c1ccc(F)cc1. The van der Waals surface area contributed by atoms with E-state index in [0.717, 1.165) is 5.56 Å². The van der Waals surface area contributed by atoms with Crippen LogP contribution in [0.25, 0.3) is 0 Å². The lowest BCUT2D eigenvalue weighted by atomic mass is 9.99. The van der Waals surface area contributed by atoms with Crippen molar-refractivity contribution < 1.29 is 14.0 Å². The van der Waals surface area contributed by atoms with Crippen LogP contribution in [0.5, 0.6) is 0 Å². The molecule has 1 atom stereocenters. The Balaban J connectivity index is 1.50. The van der Waals surface area contributed by atoms with Gasteiger partial charge in [0.2, 0.25) is 5.91 Å². The fourth-order valence-corrected chi connectivity index (χ4v) is 3.35. The van der Waals surface area contributed by atoms with Gasteiger partial charge in [-0.05, 0) is 35.9 Å². The molecule has 2 amide bonds. The van der Waals surface area contributed by atoms with Crippen LogP contribution in [-0.4, -0.2) is 23.3 Å². The van der Waals surface area contributed by atoms with Crippen molar-refractivity contribution in [3.05, 3.63) is 89.9 Å². The monoisotopic (exact) mass is 375 g/mol. The molecule has 1 aromatic heterocycles. The quantitative estimate of drug-likeness (QED) is 0.750. The molecule has 0 radical (unpaired) electrons. The fraction of sp³-hybridized carbons (Fsp3) is 0.136. The first-order valence-electron chi connectivity index (χ1n) is 8.98. The van der Waals surface area contributed by atoms with E-state index in [1.165, 1.54) is 24.3 Å². The summed E-state index contributed by atoms with van der Waals surface area (Å²) < 4.78 is 13.0. The van der Waals surface area contributed by atoms with E-state index in [9.17, 15) is 14.0 Å². The molecular weight excluding hydrogens is 357 g/mol. The van der Waals surface area contributed by atoms with Gasteiger partial charge in [0.1, 0.15) is 11.6 Å². The second-order valence-electron chi connectivity index (χ2n) is 6.68. The van der Waals surface area contributed by atoms with Crippen LogP contribution in [0, 0.1) is 5.82 Å². The number of nitrogens with zero attached hydrogens (tertiary/aromatic N) is 2. The third-order valence-corrected chi connectivity index (χ3v) is 4.80. The first-order valence-corrected chi connectivity index (χ1v) is 8.98. The van der Waals surface area contributed by atoms with Gasteiger partial charge in [0.15, 0.2) is 0 Å². The number of hydrogen-bond donors (Lipinski definition) is 1. The highest BCUT2D eigenvalue weighted by atomic mass is 19.1. The van der Waals surface area contributed by atoms with E-state index < -0.39 is 5.82 Å². The molecule has 2 aromatic carbocycles. The van der Waals surface area contributed by atoms with Gasteiger partial charge >= 0.3 is 0 Å². The zero-order valence-electron chi connectivity index (χ0n) is 15.0. The number of amides is 2. The van der Waals surface area contributed by atoms with Crippen LogP contribution in [0.2, 0.25) is 0 Å². The smallest absolute Gasteiger partial charge is 0.256 e. The van der Waals surface area contributed by atoms with Gasteiger partial charge in [-0.1, -0.05) is 30.3 Å². The number of nitrogens with one attached hydrogen (secondary N) is 1. The van der Waals surface area contributed by atoms with Gasteiger partial charge in [-0.2, -0.15) is 0 Å². The van der Waals surface area contributed by atoms with Crippen molar-refractivity contribution in [3.8, 4) is 0 Å². The maximum atomic E-state index is 13.0. The molecule has 2 heterocycles. The number of anilines is 2. The van der Waals surface area contributed by atoms with Gasteiger partial charge < -0.3 is 10.2 Å². The van der Waals surface area contributed by atoms with Crippen molar-refractivity contribution >= 4 is 23.3 Å². The van der Waals surface area contributed by atoms with Crippen LogP contribution in [0.4, 0.5) is 15.9 Å². The lowest BCUT2D eigenvalue weighted by molar-refractivity contribution is -0.117. The molecule has 6 heteroatoms. The summed E-state index contributed by atoms with van der Waals surface area (Å²) in [6.07, 6.45) is 2.00. The van der Waals surface area contributed by atoms with Crippen LogP contribution in [0.3, 0.4) is 0 Å². The Morgan fingerprint density at radius 3 is 2.57 bits per heavy atom. The zero-order chi connectivity index (χ0) is 19.5. The highest BCUT2D eigenvalue weighted by Gasteiger charge is 2.31. The number of rotatable bonds is 4. The number of benzene rings is 2. The molecule has 5 nitrogen and oxygen atoms in total. The largest absolute Gasteiger partial charge is 0.312 e. The van der Waals surface area contributed by atoms with Crippen molar-refractivity contribution in [2.75, 3.05) is 16.8 Å². The molecule has 0 saturated carbocycles. The molecule has 3 aromatic rings. The van der Waals surface area contributed by atoms with Crippen LogP contribution < -0.4 is 10.2 Å².